The van der Waals surface area contributed by atoms with E-state index in [2.05, 4.69) is 19.9 Å². The number of carbonyl (C=O) groups excluding carboxylic acids is 1. The number of esters is 1. The largest absolute Gasteiger partial charge is 0.465 e. The highest BCUT2D eigenvalue weighted by Crippen LogP contribution is 2.26. The number of nitrogens with zero attached hydrogens (tertiary/aromatic N) is 3. The molecule has 0 aliphatic heterocycles. The summed E-state index contributed by atoms with van der Waals surface area (Å²) < 4.78 is 5.39. The molecule has 0 fully saturated rings. The smallest absolute Gasteiger partial charge is 0.339 e. The van der Waals surface area contributed by atoms with Gasteiger partial charge in [-0.1, -0.05) is 23.1 Å². The summed E-state index contributed by atoms with van der Waals surface area (Å²) in [7, 11) is 1.34. The van der Waals surface area contributed by atoms with Crippen LogP contribution in [0.2, 0.25) is 0 Å². The monoisotopic (exact) mass is 282 g/mol. The third-order valence-corrected chi connectivity index (χ3v) is 3.93. The molecule has 0 aliphatic carbocycles. The van der Waals surface area contributed by atoms with Crippen LogP contribution in [0.25, 0.3) is 0 Å². The van der Waals surface area contributed by atoms with Crippen molar-refractivity contribution in [1.29, 1.82) is 0 Å². The molecule has 6 nitrogen and oxygen atoms in total. The van der Waals surface area contributed by atoms with Crippen molar-refractivity contribution in [2.24, 2.45) is 0 Å². The van der Waals surface area contributed by atoms with Gasteiger partial charge in [-0.05, 0) is 12.1 Å². The minimum absolute atomic E-state index is 0.390. The summed E-state index contributed by atoms with van der Waals surface area (Å²) >= 11 is 2.84. The second-order valence-electron chi connectivity index (χ2n) is 3.22. The number of hydrogen-bond acceptors (Lipinski definition) is 8. The Balaban J connectivity index is 1.96. The van der Waals surface area contributed by atoms with Crippen LogP contribution in [-0.4, -0.2) is 28.3 Å². The van der Waals surface area contributed by atoms with Gasteiger partial charge in [-0.2, -0.15) is 0 Å². The molecule has 0 bridgehead atoms. The van der Waals surface area contributed by atoms with Crippen molar-refractivity contribution in [3.05, 3.63) is 29.6 Å². The highest BCUT2D eigenvalue weighted by atomic mass is 32.2. The Morgan fingerprint density at radius 1 is 1.50 bits per heavy atom. The fourth-order valence-electron chi connectivity index (χ4n) is 1.16. The molecule has 0 spiro atoms. The lowest BCUT2D eigenvalue weighted by molar-refractivity contribution is 0.0600. The van der Waals surface area contributed by atoms with E-state index >= 15 is 0 Å². The summed E-state index contributed by atoms with van der Waals surface area (Å²) in [6.07, 6.45) is 1.50. The molecular formula is C10H10N4O2S2. The number of methoxy groups -OCH3 is 1. The number of thioether (sulfide) groups is 1. The van der Waals surface area contributed by atoms with Gasteiger partial charge in [0.15, 0.2) is 4.34 Å². The third-order valence-electron chi connectivity index (χ3n) is 2.01. The van der Waals surface area contributed by atoms with Crippen molar-refractivity contribution in [2.45, 2.75) is 10.1 Å². The second-order valence-corrected chi connectivity index (χ2v) is 5.46. The SMILES string of the molecule is COC(=O)c1ccc(CSc2nnc(N)s2)nc1. The minimum atomic E-state index is -0.390. The summed E-state index contributed by atoms with van der Waals surface area (Å²) in [4.78, 5) is 15.4. The van der Waals surface area contributed by atoms with E-state index in [1.807, 2.05) is 0 Å². The van der Waals surface area contributed by atoms with Crippen molar-refractivity contribution >= 4 is 34.2 Å². The number of aromatic nitrogens is 3. The van der Waals surface area contributed by atoms with Gasteiger partial charge in [-0.3, -0.25) is 4.98 Å². The summed E-state index contributed by atoms with van der Waals surface area (Å²) in [5, 5.41) is 8.07. The average molecular weight is 282 g/mol. The summed E-state index contributed by atoms with van der Waals surface area (Å²) in [6.45, 7) is 0. The Morgan fingerprint density at radius 2 is 2.33 bits per heavy atom. The van der Waals surface area contributed by atoms with E-state index < -0.39 is 5.97 Å². The normalized spacial score (nSPS) is 10.3. The lowest BCUT2D eigenvalue weighted by Gasteiger charge is -2.00. The summed E-state index contributed by atoms with van der Waals surface area (Å²) in [5.74, 6) is 0.259. The molecule has 2 aromatic heterocycles. The number of pyridine rings is 1. The Labute approximate surface area is 112 Å². The van der Waals surface area contributed by atoms with Gasteiger partial charge in [-0.15, -0.1) is 10.2 Å². The van der Waals surface area contributed by atoms with Crippen molar-refractivity contribution in [1.82, 2.24) is 15.2 Å². The molecule has 0 atom stereocenters. The van der Waals surface area contributed by atoms with Crippen LogP contribution < -0.4 is 5.73 Å². The zero-order chi connectivity index (χ0) is 13.0. The first-order chi connectivity index (χ1) is 8.69. The Kier molecular flexibility index (Phi) is 4.11. The van der Waals surface area contributed by atoms with Crippen LogP contribution in [0, 0.1) is 0 Å². The number of carbonyl (C=O) groups is 1. The Hall–Kier alpha value is -1.67. The molecule has 0 aromatic carbocycles. The van der Waals surface area contributed by atoms with E-state index in [9.17, 15) is 4.79 Å². The van der Waals surface area contributed by atoms with Crippen LogP contribution in [0.1, 0.15) is 16.1 Å². The highest BCUT2D eigenvalue weighted by Gasteiger charge is 2.07. The summed E-state index contributed by atoms with van der Waals surface area (Å²) in [5.41, 5.74) is 6.77. The fourth-order valence-corrected chi connectivity index (χ4v) is 2.71. The molecule has 8 heteroatoms. The van der Waals surface area contributed by atoms with Crippen molar-refractivity contribution in [3.8, 4) is 0 Å². The van der Waals surface area contributed by atoms with E-state index in [0.717, 1.165) is 10.0 Å². The van der Waals surface area contributed by atoms with Gasteiger partial charge in [0.25, 0.3) is 0 Å². The van der Waals surface area contributed by atoms with E-state index in [-0.39, 0.29) is 0 Å². The first-order valence-electron chi connectivity index (χ1n) is 4.94. The molecule has 2 aromatic rings. The number of nitrogen functional groups attached to an aromatic ring is 1. The van der Waals surface area contributed by atoms with Gasteiger partial charge < -0.3 is 10.5 Å². The van der Waals surface area contributed by atoms with Crippen LogP contribution >= 0.6 is 23.1 Å². The van der Waals surface area contributed by atoms with Gasteiger partial charge in [0, 0.05) is 11.9 Å². The van der Waals surface area contributed by atoms with Gasteiger partial charge in [0.1, 0.15) is 0 Å². The lowest BCUT2D eigenvalue weighted by atomic mass is 10.2. The molecule has 0 amide bonds. The van der Waals surface area contributed by atoms with Crippen LogP contribution in [0.5, 0.6) is 0 Å². The van der Waals surface area contributed by atoms with Crippen molar-refractivity contribution < 1.29 is 9.53 Å². The maximum absolute atomic E-state index is 11.2. The number of nitrogens with two attached hydrogens (primary N) is 1. The van der Waals surface area contributed by atoms with Gasteiger partial charge in [0.05, 0.1) is 18.4 Å². The van der Waals surface area contributed by atoms with Gasteiger partial charge in [0.2, 0.25) is 5.13 Å². The lowest BCUT2D eigenvalue weighted by Crippen LogP contribution is -2.02. The highest BCUT2D eigenvalue weighted by molar-refractivity contribution is 8.00. The van der Waals surface area contributed by atoms with Crippen LogP contribution in [-0.2, 0) is 10.5 Å². The predicted molar refractivity (Wildman–Crippen MR) is 69.5 cm³/mol. The zero-order valence-corrected chi connectivity index (χ0v) is 11.1. The predicted octanol–water partition coefficient (Wildman–Crippen LogP) is 1.59. The quantitative estimate of drug-likeness (QED) is 0.672. The van der Waals surface area contributed by atoms with E-state index in [4.69, 9.17) is 5.73 Å². The van der Waals surface area contributed by atoms with E-state index in [1.165, 1.54) is 36.4 Å². The topological polar surface area (TPSA) is 91.0 Å². The third kappa shape index (κ3) is 3.17. The maximum Gasteiger partial charge on any atom is 0.339 e. The average Bonchev–Trinajstić information content (AvgIpc) is 2.82. The van der Waals surface area contributed by atoms with Crippen LogP contribution in [0.4, 0.5) is 5.13 Å². The van der Waals surface area contributed by atoms with E-state index in [1.54, 1.807) is 12.1 Å². The molecular weight excluding hydrogens is 272 g/mol. The Bertz CT molecular complexity index is 541. The first kappa shape index (κ1) is 12.8. The first-order valence-corrected chi connectivity index (χ1v) is 6.74. The molecule has 0 saturated heterocycles. The van der Waals surface area contributed by atoms with Gasteiger partial charge in [-0.25, -0.2) is 4.79 Å². The molecule has 0 aliphatic rings. The number of hydrogen-bond donors (Lipinski definition) is 1. The number of ether oxygens (including phenoxy) is 1. The maximum atomic E-state index is 11.2. The molecule has 0 radical (unpaired) electrons. The van der Waals surface area contributed by atoms with E-state index in [0.29, 0.717) is 16.4 Å². The standard InChI is InChI=1S/C10H10N4O2S2/c1-16-8(15)6-2-3-7(12-4-6)5-17-10-14-13-9(11)18-10/h2-4H,5H2,1H3,(H2,11,13). The second kappa shape index (κ2) is 5.78. The van der Waals surface area contributed by atoms with Crippen LogP contribution in [0.15, 0.2) is 22.7 Å². The van der Waals surface area contributed by atoms with Crippen molar-refractivity contribution in [3.63, 3.8) is 0 Å². The molecule has 2 heterocycles. The minimum Gasteiger partial charge on any atom is -0.465 e. The van der Waals surface area contributed by atoms with Crippen LogP contribution in [0.3, 0.4) is 0 Å². The molecule has 0 unspecified atom stereocenters. The van der Waals surface area contributed by atoms with Gasteiger partial charge >= 0.3 is 5.97 Å². The zero-order valence-electron chi connectivity index (χ0n) is 9.49. The molecule has 18 heavy (non-hydrogen) atoms. The molecule has 0 saturated carbocycles. The number of rotatable bonds is 4. The molecule has 2 rings (SSSR count). The number of anilines is 1. The summed E-state index contributed by atoms with van der Waals surface area (Å²) in [6, 6.07) is 3.47. The fraction of sp³-hybridized carbons (Fsp3) is 0.200. The Morgan fingerprint density at radius 3 is 2.89 bits per heavy atom. The molecule has 2 N–H and O–H groups in total. The van der Waals surface area contributed by atoms with Crippen molar-refractivity contribution in [2.75, 3.05) is 12.8 Å². The molecule has 94 valence electrons.